The van der Waals surface area contributed by atoms with Crippen LogP contribution in [-0.2, 0) is 6.42 Å². The maximum Gasteiger partial charge on any atom is 0.149 e. The maximum atomic E-state index is 13.6. The summed E-state index contributed by atoms with van der Waals surface area (Å²) in [5.41, 5.74) is 3.56. The Bertz CT molecular complexity index is 626. The molecule has 0 aliphatic carbocycles. The zero-order chi connectivity index (χ0) is 13.4. The van der Waals surface area contributed by atoms with Gasteiger partial charge in [-0.3, -0.25) is 0 Å². The van der Waals surface area contributed by atoms with E-state index in [9.17, 15) is 8.78 Å². The Labute approximate surface area is 110 Å². The maximum absolute atomic E-state index is 13.6. The normalized spacial score (nSPS) is 13.5. The number of hydrogen-bond donors (Lipinski definition) is 1. The smallest absolute Gasteiger partial charge is 0.149 e. The van der Waals surface area contributed by atoms with Gasteiger partial charge in [-0.25, -0.2) is 8.78 Å². The van der Waals surface area contributed by atoms with Gasteiger partial charge in [0.1, 0.15) is 11.6 Å². The molecule has 0 bridgehead atoms. The van der Waals surface area contributed by atoms with Gasteiger partial charge in [-0.05, 0) is 42.3 Å². The van der Waals surface area contributed by atoms with Crippen LogP contribution in [0.2, 0.25) is 0 Å². The van der Waals surface area contributed by atoms with E-state index >= 15 is 0 Å². The summed E-state index contributed by atoms with van der Waals surface area (Å²) >= 11 is 0. The number of likely N-dealkylation sites (N-methyl/N-ethyl adjacent to an activating group) is 1. The molecule has 0 radical (unpaired) electrons. The molecule has 4 heteroatoms. The first-order valence-corrected chi connectivity index (χ1v) is 6.19. The number of anilines is 3. The Morgan fingerprint density at radius 3 is 2.74 bits per heavy atom. The minimum Gasteiger partial charge on any atom is -0.374 e. The summed E-state index contributed by atoms with van der Waals surface area (Å²) in [4.78, 5) is 2.19. The topological polar surface area (TPSA) is 15.3 Å². The minimum absolute atomic E-state index is 0.285. The van der Waals surface area contributed by atoms with Crippen LogP contribution in [0.1, 0.15) is 5.56 Å². The molecule has 19 heavy (non-hydrogen) atoms. The molecular weight excluding hydrogens is 246 g/mol. The van der Waals surface area contributed by atoms with Crippen LogP contribution in [0, 0.1) is 11.6 Å². The summed E-state index contributed by atoms with van der Waals surface area (Å²) in [7, 11) is 2.05. The molecular formula is C15H14F2N2. The average molecular weight is 260 g/mol. The zero-order valence-electron chi connectivity index (χ0n) is 10.6. The highest BCUT2D eigenvalue weighted by Crippen LogP contribution is 2.30. The van der Waals surface area contributed by atoms with E-state index in [2.05, 4.69) is 17.3 Å². The molecule has 0 amide bonds. The Morgan fingerprint density at radius 1 is 1.11 bits per heavy atom. The lowest BCUT2D eigenvalue weighted by atomic mass is 10.1. The molecule has 0 aromatic heterocycles. The Morgan fingerprint density at radius 2 is 1.95 bits per heavy atom. The minimum atomic E-state index is -0.586. The second-order valence-corrected chi connectivity index (χ2v) is 4.76. The molecule has 1 aliphatic heterocycles. The molecule has 2 aromatic carbocycles. The van der Waals surface area contributed by atoms with Gasteiger partial charge in [0.05, 0.1) is 5.69 Å². The van der Waals surface area contributed by atoms with Crippen molar-refractivity contribution in [2.75, 3.05) is 23.8 Å². The SMILES string of the molecule is CN1CCc2cc(Nc3ccc(F)cc3F)ccc21. The monoisotopic (exact) mass is 260 g/mol. The number of nitrogens with one attached hydrogen (secondary N) is 1. The first-order valence-electron chi connectivity index (χ1n) is 6.19. The fraction of sp³-hybridized carbons (Fsp3) is 0.200. The highest BCUT2D eigenvalue weighted by Gasteiger charge is 2.15. The van der Waals surface area contributed by atoms with Gasteiger partial charge in [-0.2, -0.15) is 0 Å². The number of rotatable bonds is 2. The predicted octanol–water partition coefficient (Wildman–Crippen LogP) is 3.70. The van der Waals surface area contributed by atoms with Gasteiger partial charge in [0.25, 0.3) is 0 Å². The van der Waals surface area contributed by atoms with E-state index in [0.29, 0.717) is 0 Å². The highest BCUT2D eigenvalue weighted by molar-refractivity contribution is 5.68. The van der Waals surface area contributed by atoms with Crippen LogP contribution in [0.3, 0.4) is 0 Å². The number of hydrogen-bond acceptors (Lipinski definition) is 2. The van der Waals surface area contributed by atoms with E-state index in [1.165, 1.54) is 23.4 Å². The van der Waals surface area contributed by atoms with E-state index in [-0.39, 0.29) is 5.69 Å². The molecule has 0 saturated carbocycles. The molecule has 0 saturated heterocycles. The molecule has 1 heterocycles. The third kappa shape index (κ3) is 2.26. The second kappa shape index (κ2) is 4.53. The van der Waals surface area contributed by atoms with Gasteiger partial charge < -0.3 is 10.2 Å². The molecule has 0 atom stereocenters. The van der Waals surface area contributed by atoms with Crippen molar-refractivity contribution in [2.24, 2.45) is 0 Å². The van der Waals surface area contributed by atoms with Crippen LogP contribution in [0.4, 0.5) is 25.8 Å². The zero-order valence-corrected chi connectivity index (χ0v) is 10.6. The van der Waals surface area contributed by atoms with E-state index in [1.807, 2.05) is 18.2 Å². The Kier molecular flexibility index (Phi) is 2.85. The molecule has 0 fully saturated rings. The van der Waals surface area contributed by atoms with E-state index in [4.69, 9.17) is 0 Å². The number of nitrogens with zero attached hydrogens (tertiary/aromatic N) is 1. The van der Waals surface area contributed by atoms with Crippen molar-refractivity contribution in [3.8, 4) is 0 Å². The van der Waals surface area contributed by atoms with Crippen molar-refractivity contribution in [3.05, 3.63) is 53.6 Å². The van der Waals surface area contributed by atoms with Crippen molar-refractivity contribution in [1.29, 1.82) is 0 Å². The van der Waals surface area contributed by atoms with Crippen molar-refractivity contribution >= 4 is 17.1 Å². The fourth-order valence-corrected chi connectivity index (χ4v) is 2.39. The van der Waals surface area contributed by atoms with Crippen LogP contribution in [0.25, 0.3) is 0 Å². The van der Waals surface area contributed by atoms with Crippen LogP contribution in [-0.4, -0.2) is 13.6 Å². The van der Waals surface area contributed by atoms with Crippen molar-refractivity contribution < 1.29 is 8.78 Å². The van der Waals surface area contributed by atoms with Gasteiger partial charge in [0.2, 0.25) is 0 Å². The largest absolute Gasteiger partial charge is 0.374 e. The van der Waals surface area contributed by atoms with Gasteiger partial charge in [-0.1, -0.05) is 0 Å². The van der Waals surface area contributed by atoms with Crippen molar-refractivity contribution in [2.45, 2.75) is 6.42 Å². The molecule has 2 nitrogen and oxygen atoms in total. The van der Waals surface area contributed by atoms with E-state index in [0.717, 1.165) is 24.7 Å². The Balaban J connectivity index is 1.88. The summed E-state index contributed by atoms with van der Waals surface area (Å²) in [5.74, 6) is -1.16. The quantitative estimate of drug-likeness (QED) is 0.885. The van der Waals surface area contributed by atoms with Crippen LogP contribution in [0.5, 0.6) is 0 Å². The van der Waals surface area contributed by atoms with Crippen molar-refractivity contribution in [3.63, 3.8) is 0 Å². The standard InChI is InChI=1S/C15H14F2N2/c1-19-7-6-10-8-12(3-5-15(10)19)18-14-4-2-11(16)9-13(14)17/h2-5,8-9,18H,6-7H2,1H3. The molecule has 2 aromatic rings. The van der Waals surface area contributed by atoms with E-state index in [1.54, 1.807) is 0 Å². The van der Waals surface area contributed by atoms with Crippen LogP contribution in [0.15, 0.2) is 36.4 Å². The van der Waals surface area contributed by atoms with Crippen molar-refractivity contribution in [1.82, 2.24) is 0 Å². The molecule has 3 rings (SSSR count). The first-order chi connectivity index (χ1) is 9.13. The number of fused-ring (bicyclic) bond motifs is 1. The number of benzene rings is 2. The summed E-state index contributed by atoms with van der Waals surface area (Å²) in [6.45, 7) is 1.00. The molecule has 0 unspecified atom stereocenters. The molecule has 1 aliphatic rings. The van der Waals surface area contributed by atoms with Gasteiger partial charge in [0, 0.05) is 31.0 Å². The lowest BCUT2D eigenvalue weighted by Crippen LogP contribution is -2.12. The summed E-state index contributed by atoms with van der Waals surface area (Å²) in [6.07, 6.45) is 0.993. The molecule has 0 spiro atoms. The Hall–Kier alpha value is -2.10. The van der Waals surface area contributed by atoms with E-state index < -0.39 is 11.6 Å². The molecule has 1 N–H and O–H groups in total. The van der Waals surface area contributed by atoms with Crippen LogP contribution < -0.4 is 10.2 Å². The van der Waals surface area contributed by atoms with Crippen LogP contribution >= 0.6 is 0 Å². The fourth-order valence-electron chi connectivity index (χ4n) is 2.39. The average Bonchev–Trinajstić information content (AvgIpc) is 2.74. The first kappa shape index (κ1) is 12.0. The second-order valence-electron chi connectivity index (χ2n) is 4.76. The lowest BCUT2D eigenvalue weighted by molar-refractivity contribution is 0.586. The summed E-state index contributed by atoms with van der Waals surface area (Å²) < 4.78 is 26.4. The lowest BCUT2D eigenvalue weighted by Gasteiger charge is -2.13. The third-order valence-corrected chi connectivity index (χ3v) is 3.42. The third-order valence-electron chi connectivity index (χ3n) is 3.42. The van der Waals surface area contributed by atoms with Gasteiger partial charge >= 0.3 is 0 Å². The van der Waals surface area contributed by atoms with Gasteiger partial charge in [0.15, 0.2) is 0 Å². The highest BCUT2D eigenvalue weighted by atomic mass is 19.1. The molecule has 98 valence electrons. The number of halogens is 2. The van der Waals surface area contributed by atoms with Gasteiger partial charge in [-0.15, -0.1) is 0 Å². The predicted molar refractivity (Wildman–Crippen MR) is 73.1 cm³/mol. The summed E-state index contributed by atoms with van der Waals surface area (Å²) in [5, 5.41) is 2.98. The summed E-state index contributed by atoms with van der Waals surface area (Å²) in [6, 6.07) is 9.47.